The minimum atomic E-state index is -5.59. The SMILES string of the molecule is Fc1c(F)c(C(F)(F)F)c(F)c(F)c1NC(=S)NC[C@@H]1CCCO1. The number of halogens is 7. The molecule has 24 heavy (non-hydrogen) atoms. The van der Waals surface area contributed by atoms with E-state index in [0.717, 1.165) is 12.8 Å². The van der Waals surface area contributed by atoms with Crippen LogP contribution in [0.5, 0.6) is 0 Å². The Labute approximate surface area is 137 Å². The molecule has 2 N–H and O–H groups in total. The van der Waals surface area contributed by atoms with E-state index in [2.05, 4.69) is 5.32 Å². The highest BCUT2D eigenvalue weighted by atomic mass is 32.1. The first kappa shape index (κ1) is 18.7. The molecule has 0 radical (unpaired) electrons. The predicted octanol–water partition coefficient (Wildman–Crippen LogP) is 3.73. The Morgan fingerprint density at radius 1 is 1.08 bits per heavy atom. The summed E-state index contributed by atoms with van der Waals surface area (Å²) in [6.07, 6.45) is -4.24. The molecule has 3 nitrogen and oxygen atoms in total. The molecule has 1 heterocycles. The van der Waals surface area contributed by atoms with Crippen LogP contribution in [0.25, 0.3) is 0 Å². The molecule has 1 aliphatic heterocycles. The second-order valence-electron chi connectivity index (χ2n) is 4.97. The molecule has 1 aromatic carbocycles. The van der Waals surface area contributed by atoms with Crippen LogP contribution in [-0.2, 0) is 10.9 Å². The van der Waals surface area contributed by atoms with Gasteiger partial charge in [0.2, 0.25) is 0 Å². The van der Waals surface area contributed by atoms with E-state index < -0.39 is 45.8 Å². The maximum Gasteiger partial charge on any atom is 0.422 e. The van der Waals surface area contributed by atoms with Gasteiger partial charge in [0.25, 0.3) is 0 Å². The molecule has 1 atom stereocenters. The van der Waals surface area contributed by atoms with E-state index in [0.29, 0.717) is 6.61 Å². The van der Waals surface area contributed by atoms with Crippen molar-refractivity contribution in [1.82, 2.24) is 5.32 Å². The molecule has 0 aliphatic carbocycles. The summed E-state index contributed by atoms with van der Waals surface area (Å²) in [5.74, 6) is -9.54. The summed E-state index contributed by atoms with van der Waals surface area (Å²) in [4.78, 5) is 0. The fourth-order valence-corrected chi connectivity index (χ4v) is 2.35. The lowest BCUT2D eigenvalue weighted by molar-refractivity contribution is -0.143. The van der Waals surface area contributed by atoms with Gasteiger partial charge in [-0.3, -0.25) is 0 Å². The highest BCUT2D eigenvalue weighted by Crippen LogP contribution is 2.38. The van der Waals surface area contributed by atoms with E-state index in [1.807, 2.05) is 5.32 Å². The van der Waals surface area contributed by atoms with Gasteiger partial charge >= 0.3 is 6.18 Å². The van der Waals surface area contributed by atoms with Crippen molar-refractivity contribution in [2.24, 2.45) is 0 Å². The maximum atomic E-state index is 13.7. The molecule has 0 bridgehead atoms. The summed E-state index contributed by atoms with van der Waals surface area (Å²) in [6.45, 7) is 0.714. The Morgan fingerprint density at radius 3 is 2.12 bits per heavy atom. The predicted molar refractivity (Wildman–Crippen MR) is 74.5 cm³/mol. The monoisotopic (exact) mass is 376 g/mol. The molecule has 1 saturated heterocycles. The fraction of sp³-hybridized carbons (Fsp3) is 0.462. The van der Waals surface area contributed by atoms with Crippen molar-refractivity contribution in [3.63, 3.8) is 0 Å². The molecule has 2 rings (SSSR count). The minimum absolute atomic E-state index is 0.167. The second-order valence-corrected chi connectivity index (χ2v) is 5.38. The Morgan fingerprint density at radius 2 is 1.67 bits per heavy atom. The number of thiocarbonyl (C=S) groups is 1. The Hall–Kier alpha value is -1.62. The average molecular weight is 376 g/mol. The van der Waals surface area contributed by atoms with Crippen molar-refractivity contribution >= 4 is 23.0 Å². The first-order valence-electron chi connectivity index (χ1n) is 6.72. The summed E-state index contributed by atoms with van der Waals surface area (Å²) in [5, 5.41) is 3.92. The fourth-order valence-electron chi connectivity index (χ4n) is 2.16. The highest BCUT2D eigenvalue weighted by Gasteiger charge is 2.42. The zero-order valence-electron chi connectivity index (χ0n) is 11.9. The quantitative estimate of drug-likeness (QED) is 0.479. The molecule has 0 spiro atoms. The number of ether oxygens (including phenoxy) is 1. The third-order valence-electron chi connectivity index (χ3n) is 3.30. The lowest BCUT2D eigenvalue weighted by Crippen LogP contribution is -2.35. The number of hydrogen-bond acceptors (Lipinski definition) is 2. The van der Waals surface area contributed by atoms with Crippen LogP contribution in [0.15, 0.2) is 0 Å². The van der Waals surface area contributed by atoms with Crippen LogP contribution in [0.3, 0.4) is 0 Å². The molecule has 0 aromatic heterocycles. The standard InChI is InChI=1S/C13H11F7N2OS/c14-7-6(13(18,19)20)8(15)10(17)11(9(7)16)22-12(24)21-4-5-2-1-3-23-5/h5H,1-4H2,(H2,21,22,24)/t5-/m0/s1. The van der Waals surface area contributed by atoms with E-state index in [-0.39, 0.29) is 12.6 Å². The van der Waals surface area contributed by atoms with Crippen LogP contribution in [0, 0.1) is 23.3 Å². The molecule has 134 valence electrons. The summed E-state index contributed by atoms with van der Waals surface area (Å²) in [6, 6.07) is 0. The lowest BCUT2D eigenvalue weighted by Gasteiger charge is -2.17. The van der Waals surface area contributed by atoms with Crippen LogP contribution in [0.1, 0.15) is 18.4 Å². The van der Waals surface area contributed by atoms with Gasteiger partial charge in [0.05, 0.1) is 6.10 Å². The van der Waals surface area contributed by atoms with Gasteiger partial charge < -0.3 is 15.4 Å². The van der Waals surface area contributed by atoms with Gasteiger partial charge in [-0.2, -0.15) is 13.2 Å². The van der Waals surface area contributed by atoms with Gasteiger partial charge in [-0.1, -0.05) is 0 Å². The first-order chi connectivity index (χ1) is 11.1. The first-order valence-corrected chi connectivity index (χ1v) is 7.13. The van der Waals surface area contributed by atoms with Crippen molar-refractivity contribution in [3.8, 4) is 0 Å². The van der Waals surface area contributed by atoms with Crippen LogP contribution in [0.2, 0.25) is 0 Å². The van der Waals surface area contributed by atoms with Crippen molar-refractivity contribution in [1.29, 1.82) is 0 Å². The van der Waals surface area contributed by atoms with Crippen LogP contribution < -0.4 is 10.6 Å². The van der Waals surface area contributed by atoms with Crippen molar-refractivity contribution < 1.29 is 35.5 Å². The number of hydrogen-bond donors (Lipinski definition) is 2. The second kappa shape index (κ2) is 7.09. The number of benzene rings is 1. The van der Waals surface area contributed by atoms with Gasteiger partial charge in [0.15, 0.2) is 28.4 Å². The number of anilines is 1. The maximum absolute atomic E-state index is 13.7. The van der Waals surface area contributed by atoms with Crippen LogP contribution in [-0.4, -0.2) is 24.4 Å². The van der Waals surface area contributed by atoms with Crippen molar-refractivity contribution in [3.05, 3.63) is 28.8 Å². The molecular weight excluding hydrogens is 365 g/mol. The minimum Gasteiger partial charge on any atom is -0.376 e. The summed E-state index contributed by atoms with van der Waals surface area (Å²) in [5.41, 5.74) is -4.08. The molecule has 11 heteroatoms. The highest BCUT2D eigenvalue weighted by molar-refractivity contribution is 7.80. The summed E-state index contributed by atoms with van der Waals surface area (Å²) >= 11 is 4.70. The third-order valence-corrected chi connectivity index (χ3v) is 3.55. The van der Waals surface area contributed by atoms with E-state index in [4.69, 9.17) is 17.0 Å². The van der Waals surface area contributed by atoms with E-state index in [1.54, 1.807) is 0 Å². The van der Waals surface area contributed by atoms with Gasteiger partial charge in [-0.25, -0.2) is 17.6 Å². The third kappa shape index (κ3) is 3.89. The number of nitrogens with one attached hydrogen (secondary N) is 2. The molecule has 1 aliphatic rings. The van der Waals surface area contributed by atoms with E-state index >= 15 is 0 Å². The Bertz CT molecular complexity index is 615. The molecule has 0 unspecified atom stereocenters. The van der Waals surface area contributed by atoms with Gasteiger partial charge in [0.1, 0.15) is 11.3 Å². The molecule has 0 amide bonds. The Balaban J connectivity index is 2.19. The van der Waals surface area contributed by atoms with Crippen molar-refractivity contribution in [2.75, 3.05) is 18.5 Å². The largest absolute Gasteiger partial charge is 0.422 e. The van der Waals surface area contributed by atoms with Crippen LogP contribution in [0.4, 0.5) is 36.4 Å². The van der Waals surface area contributed by atoms with Crippen molar-refractivity contribution in [2.45, 2.75) is 25.1 Å². The molecule has 1 aromatic rings. The molecular formula is C13H11F7N2OS. The van der Waals surface area contributed by atoms with Gasteiger partial charge in [-0.05, 0) is 25.1 Å². The number of alkyl halides is 3. The average Bonchev–Trinajstić information content (AvgIpc) is 2.99. The van der Waals surface area contributed by atoms with E-state index in [1.165, 1.54) is 0 Å². The normalized spacial score (nSPS) is 17.9. The van der Waals surface area contributed by atoms with Gasteiger partial charge in [0, 0.05) is 13.2 Å². The zero-order chi connectivity index (χ0) is 18.1. The molecule has 1 fully saturated rings. The summed E-state index contributed by atoms with van der Waals surface area (Å²) < 4.78 is 96.9. The van der Waals surface area contributed by atoms with Crippen LogP contribution >= 0.6 is 12.2 Å². The Kier molecular flexibility index (Phi) is 5.53. The van der Waals surface area contributed by atoms with Gasteiger partial charge in [-0.15, -0.1) is 0 Å². The topological polar surface area (TPSA) is 33.3 Å². The zero-order valence-corrected chi connectivity index (χ0v) is 12.7. The van der Waals surface area contributed by atoms with E-state index in [9.17, 15) is 30.7 Å². The lowest BCUT2D eigenvalue weighted by atomic mass is 10.1. The summed E-state index contributed by atoms with van der Waals surface area (Å²) in [7, 11) is 0. The smallest absolute Gasteiger partial charge is 0.376 e. The number of rotatable bonds is 3. The molecule has 0 saturated carbocycles.